The monoisotopic (exact) mass is 227 g/mol. The Hall–Kier alpha value is -0.570. The Kier molecular flexibility index (Phi) is 5.81. The lowest BCUT2D eigenvalue weighted by Crippen LogP contribution is -2.40. The summed E-state index contributed by atoms with van der Waals surface area (Å²) in [6, 6.07) is 0.418. The maximum Gasteiger partial charge on any atom is 0.319 e. The van der Waals surface area contributed by atoms with Crippen LogP contribution in [0.15, 0.2) is 0 Å². The molecule has 0 aromatic rings. The fourth-order valence-corrected chi connectivity index (χ4v) is 2.39. The molecule has 1 fully saturated rings. The van der Waals surface area contributed by atoms with Crippen molar-refractivity contribution in [3.63, 3.8) is 0 Å². The second-order valence-electron chi connectivity index (χ2n) is 5.10. The van der Waals surface area contributed by atoms with Gasteiger partial charge in [0.1, 0.15) is 0 Å². The van der Waals surface area contributed by atoms with Crippen molar-refractivity contribution in [3.8, 4) is 0 Å². The molecular weight excluding hydrogens is 202 g/mol. The topological polar surface area (TPSA) is 29.5 Å². The largest absolute Gasteiger partial charge is 0.468 e. The molecule has 0 radical (unpaired) electrons. The van der Waals surface area contributed by atoms with E-state index >= 15 is 0 Å². The van der Waals surface area contributed by atoms with Gasteiger partial charge in [-0.15, -0.1) is 0 Å². The third-order valence-electron chi connectivity index (χ3n) is 3.51. The first-order valence-corrected chi connectivity index (χ1v) is 6.44. The molecule has 0 spiro atoms. The molecule has 0 bridgehead atoms. The van der Waals surface area contributed by atoms with Crippen LogP contribution in [0, 0.1) is 5.92 Å². The van der Waals surface area contributed by atoms with Crippen LogP contribution >= 0.6 is 0 Å². The minimum atomic E-state index is -0.121. The summed E-state index contributed by atoms with van der Waals surface area (Å²) < 4.78 is 4.74. The zero-order valence-electron chi connectivity index (χ0n) is 10.9. The molecular formula is C13H25NO2. The highest BCUT2D eigenvalue weighted by molar-refractivity contribution is 5.71. The fourth-order valence-electron chi connectivity index (χ4n) is 2.39. The van der Waals surface area contributed by atoms with Crippen LogP contribution in [0.5, 0.6) is 0 Å². The summed E-state index contributed by atoms with van der Waals surface area (Å²) in [5.74, 6) is 0.658. The third-order valence-corrected chi connectivity index (χ3v) is 3.51. The van der Waals surface area contributed by atoms with Crippen molar-refractivity contribution in [2.45, 2.75) is 52.0 Å². The maximum absolute atomic E-state index is 11.3. The molecule has 0 aliphatic heterocycles. The normalized spacial score (nSPS) is 18.1. The first-order chi connectivity index (χ1) is 7.63. The van der Waals surface area contributed by atoms with Crippen molar-refractivity contribution >= 4 is 5.97 Å². The van der Waals surface area contributed by atoms with E-state index < -0.39 is 0 Å². The average Bonchev–Trinajstić information content (AvgIpc) is 2.29. The molecule has 1 rings (SSSR count). The molecule has 0 atom stereocenters. The van der Waals surface area contributed by atoms with Gasteiger partial charge in [-0.2, -0.15) is 0 Å². The van der Waals surface area contributed by atoms with Crippen molar-refractivity contribution in [1.82, 2.24) is 4.90 Å². The third kappa shape index (κ3) is 4.52. The second-order valence-corrected chi connectivity index (χ2v) is 5.10. The Labute approximate surface area is 99.1 Å². The molecule has 0 N–H and O–H groups in total. The van der Waals surface area contributed by atoms with Gasteiger partial charge >= 0.3 is 5.97 Å². The number of carbonyl (C=O) groups is 1. The van der Waals surface area contributed by atoms with Crippen molar-refractivity contribution in [1.29, 1.82) is 0 Å². The highest BCUT2D eigenvalue weighted by Crippen LogP contribution is 2.24. The van der Waals surface area contributed by atoms with Gasteiger partial charge in [0, 0.05) is 12.6 Å². The summed E-state index contributed by atoms with van der Waals surface area (Å²) in [5.41, 5.74) is 0. The lowest BCUT2D eigenvalue weighted by Gasteiger charge is -2.31. The minimum absolute atomic E-state index is 0.121. The number of hydrogen-bond acceptors (Lipinski definition) is 3. The van der Waals surface area contributed by atoms with Crippen LogP contribution in [0.3, 0.4) is 0 Å². The smallest absolute Gasteiger partial charge is 0.319 e. The van der Waals surface area contributed by atoms with E-state index in [1.54, 1.807) is 0 Å². The molecule has 3 nitrogen and oxygen atoms in total. The molecule has 94 valence electrons. The van der Waals surface area contributed by atoms with E-state index in [2.05, 4.69) is 18.7 Å². The number of methoxy groups -OCH3 is 1. The zero-order valence-corrected chi connectivity index (χ0v) is 10.9. The first-order valence-electron chi connectivity index (χ1n) is 6.44. The minimum Gasteiger partial charge on any atom is -0.468 e. The van der Waals surface area contributed by atoms with Gasteiger partial charge in [-0.3, -0.25) is 9.69 Å². The molecule has 1 aliphatic rings. The highest BCUT2D eigenvalue weighted by Gasteiger charge is 2.20. The SMILES string of the molecule is COC(=O)CN(CC1CCCCC1)C(C)C. The summed E-state index contributed by atoms with van der Waals surface area (Å²) in [6.45, 7) is 5.77. The van der Waals surface area contributed by atoms with Gasteiger partial charge in [-0.25, -0.2) is 0 Å². The van der Waals surface area contributed by atoms with Crippen LogP contribution < -0.4 is 0 Å². The van der Waals surface area contributed by atoms with E-state index in [-0.39, 0.29) is 5.97 Å². The summed E-state index contributed by atoms with van der Waals surface area (Å²) in [6.07, 6.45) is 6.74. The van der Waals surface area contributed by atoms with Gasteiger partial charge in [0.2, 0.25) is 0 Å². The molecule has 16 heavy (non-hydrogen) atoms. The standard InChI is InChI=1S/C13H25NO2/c1-11(2)14(10-13(15)16-3)9-12-7-5-4-6-8-12/h11-12H,4-10H2,1-3H3. The molecule has 0 unspecified atom stereocenters. The zero-order chi connectivity index (χ0) is 12.0. The van der Waals surface area contributed by atoms with E-state index in [0.717, 1.165) is 12.5 Å². The molecule has 0 aromatic heterocycles. The molecule has 0 heterocycles. The second kappa shape index (κ2) is 6.89. The molecule has 1 aliphatic carbocycles. The number of esters is 1. The van der Waals surface area contributed by atoms with Gasteiger partial charge in [-0.05, 0) is 32.6 Å². The number of hydrogen-bond donors (Lipinski definition) is 0. The molecule has 3 heteroatoms. The van der Waals surface area contributed by atoms with E-state index in [4.69, 9.17) is 4.74 Å². The van der Waals surface area contributed by atoms with Gasteiger partial charge in [0.15, 0.2) is 0 Å². The van der Waals surface area contributed by atoms with Crippen LogP contribution in [0.25, 0.3) is 0 Å². The lowest BCUT2D eigenvalue weighted by molar-refractivity contribution is -0.142. The van der Waals surface area contributed by atoms with Gasteiger partial charge < -0.3 is 4.74 Å². The molecule has 0 amide bonds. The summed E-state index contributed by atoms with van der Waals surface area (Å²) >= 11 is 0. The number of rotatable bonds is 5. The number of carbonyl (C=O) groups excluding carboxylic acids is 1. The summed E-state index contributed by atoms with van der Waals surface area (Å²) in [7, 11) is 1.46. The van der Waals surface area contributed by atoms with Gasteiger partial charge in [0.05, 0.1) is 13.7 Å². The van der Waals surface area contributed by atoms with Crippen molar-refractivity contribution in [2.24, 2.45) is 5.92 Å². The predicted molar refractivity (Wildman–Crippen MR) is 65.3 cm³/mol. The van der Waals surface area contributed by atoms with Crippen LogP contribution in [0.2, 0.25) is 0 Å². The Morgan fingerprint density at radius 1 is 1.31 bits per heavy atom. The Morgan fingerprint density at radius 3 is 2.44 bits per heavy atom. The Balaban J connectivity index is 2.40. The molecule has 0 saturated heterocycles. The molecule has 0 aromatic carbocycles. The lowest BCUT2D eigenvalue weighted by atomic mass is 9.88. The summed E-state index contributed by atoms with van der Waals surface area (Å²) in [4.78, 5) is 13.5. The van der Waals surface area contributed by atoms with Crippen LogP contribution in [-0.4, -0.2) is 37.1 Å². The average molecular weight is 227 g/mol. The van der Waals surface area contributed by atoms with Crippen LogP contribution in [-0.2, 0) is 9.53 Å². The van der Waals surface area contributed by atoms with Gasteiger partial charge in [0.25, 0.3) is 0 Å². The highest BCUT2D eigenvalue weighted by atomic mass is 16.5. The fraction of sp³-hybridized carbons (Fsp3) is 0.923. The van der Waals surface area contributed by atoms with Crippen molar-refractivity contribution in [3.05, 3.63) is 0 Å². The first kappa shape index (κ1) is 13.5. The quantitative estimate of drug-likeness (QED) is 0.676. The maximum atomic E-state index is 11.3. The van der Waals surface area contributed by atoms with Crippen LogP contribution in [0.4, 0.5) is 0 Å². The number of nitrogens with zero attached hydrogens (tertiary/aromatic N) is 1. The molecule has 1 saturated carbocycles. The number of ether oxygens (including phenoxy) is 1. The van der Waals surface area contributed by atoms with Crippen molar-refractivity contribution < 1.29 is 9.53 Å². The predicted octanol–water partition coefficient (Wildman–Crippen LogP) is 2.45. The van der Waals surface area contributed by atoms with E-state index in [9.17, 15) is 4.79 Å². The van der Waals surface area contributed by atoms with Crippen LogP contribution in [0.1, 0.15) is 46.0 Å². The van der Waals surface area contributed by atoms with E-state index in [1.165, 1.54) is 39.2 Å². The summed E-state index contributed by atoms with van der Waals surface area (Å²) in [5, 5.41) is 0. The Bertz CT molecular complexity index is 210. The van der Waals surface area contributed by atoms with Gasteiger partial charge in [-0.1, -0.05) is 19.3 Å². The van der Waals surface area contributed by atoms with Crippen molar-refractivity contribution in [2.75, 3.05) is 20.2 Å². The van der Waals surface area contributed by atoms with E-state index in [0.29, 0.717) is 12.6 Å². The Morgan fingerprint density at radius 2 is 1.94 bits per heavy atom. The van der Waals surface area contributed by atoms with E-state index in [1.807, 2.05) is 0 Å².